The minimum Gasteiger partial charge on any atom is -0.497 e. The van der Waals surface area contributed by atoms with Crippen LogP contribution in [-0.2, 0) is 6.54 Å². The smallest absolute Gasteiger partial charge is 0.257 e. The second kappa shape index (κ2) is 9.12. The molecule has 6 nitrogen and oxygen atoms in total. The summed E-state index contributed by atoms with van der Waals surface area (Å²) in [7, 11) is 1.61. The van der Waals surface area contributed by atoms with E-state index in [-0.39, 0.29) is 17.0 Å². The van der Waals surface area contributed by atoms with Crippen molar-refractivity contribution in [2.75, 3.05) is 7.11 Å². The molecule has 1 fully saturated rings. The lowest BCUT2D eigenvalue weighted by atomic mass is 9.92. The summed E-state index contributed by atoms with van der Waals surface area (Å²) in [5, 5.41) is 13.9. The average Bonchev–Trinajstić information content (AvgIpc) is 2.77. The van der Waals surface area contributed by atoms with Gasteiger partial charge in [-0.3, -0.25) is 9.59 Å². The second-order valence-corrected chi connectivity index (χ2v) is 8.32. The number of para-hydroxylation sites is 1. The lowest BCUT2D eigenvalue weighted by Gasteiger charge is -2.28. The number of nitrogens with one attached hydrogen (secondary N) is 1. The zero-order valence-corrected chi connectivity index (χ0v) is 18.1. The van der Waals surface area contributed by atoms with Gasteiger partial charge < -0.3 is 19.7 Å². The number of benzene rings is 2. The highest BCUT2D eigenvalue weighted by atomic mass is 35.5. The van der Waals surface area contributed by atoms with Crippen LogP contribution in [0.15, 0.2) is 53.5 Å². The Morgan fingerprint density at radius 1 is 1.19 bits per heavy atom. The second-order valence-electron chi connectivity index (χ2n) is 7.92. The quantitative estimate of drug-likeness (QED) is 0.633. The molecule has 1 heterocycles. The summed E-state index contributed by atoms with van der Waals surface area (Å²) in [5.41, 5.74) is 1.23. The van der Waals surface area contributed by atoms with E-state index in [2.05, 4.69) is 5.32 Å². The van der Waals surface area contributed by atoms with Crippen molar-refractivity contribution in [2.45, 2.75) is 44.4 Å². The number of rotatable bonds is 5. The van der Waals surface area contributed by atoms with E-state index in [4.69, 9.17) is 16.3 Å². The Kier molecular flexibility index (Phi) is 6.30. The SMILES string of the molecule is COc1ccc(Cn2cc(C(=O)NC3CCCC[C@@H]3O)c(=O)c3cccc(Cl)c32)cc1. The molecule has 2 atom stereocenters. The van der Waals surface area contributed by atoms with Gasteiger partial charge in [0.25, 0.3) is 5.91 Å². The number of ether oxygens (including phenoxy) is 1. The van der Waals surface area contributed by atoms with Crippen LogP contribution in [0.5, 0.6) is 5.75 Å². The largest absolute Gasteiger partial charge is 0.497 e. The van der Waals surface area contributed by atoms with Crippen molar-refractivity contribution in [3.05, 3.63) is 75.0 Å². The number of aliphatic hydroxyl groups excluding tert-OH is 1. The molecule has 0 saturated heterocycles. The number of pyridine rings is 1. The van der Waals surface area contributed by atoms with Crippen LogP contribution in [0, 0.1) is 0 Å². The van der Waals surface area contributed by atoms with Gasteiger partial charge in [-0.2, -0.15) is 0 Å². The Labute approximate surface area is 185 Å². The number of amides is 1. The zero-order valence-electron chi connectivity index (χ0n) is 17.3. The number of aromatic nitrogens is 1. The number of carbonyl (C=O) groups is 1. The predicted molar refractivity (Wildman–Crippen MR) is 121 cm³/mol. The summed E-state index contributed by atoms with van der Waals surface area (Å²) in [6.45, 7) is 0.427. The van der Waals surface area contributed by atoms with E-state index in [1.165, 1.54) is 0 Å². The maximum Gasteiger partial charge on any atom is 0.257 e. The average molecular weight is 441 g/mol. The molecule has 2 aromatic carbocycles. The third-order valence-electron chi connectivity index (χ3n) is 5.85. The Hall–Kier alpha value is -2.83. The maximum atomic E-state index is 13.1. The molecular weight excluding hydrogens is 416 g/mol. The summed E-state index contributed by atoms with van der Waals surface area (Å²) >= 11 is 6.44. The van der Waals surface area contributed by atoms with Crippen LogP contribution in [0.4, 0.5) is 0 Å². The first kappa shape index (κ1) is 21.4. The van der Waals surface area contributed by atoms with Crippen LogP contribution >= 0.6 is 11.6 Å². The van der Waals surface area contributed by atoms with Gasteiger partial charge in [0.1, 0.15) is 11.3 Å². The number of aliphatic hydroxyl groups is 1. The van der Waals surface area contributed by atoms with Gasteiger partial charge in [-0.15, -0.1) is 0 Å². The Morgan fingerprint density at radius 2 is 1.94 bits per heavy atom. The van der Waals surface area contributed by atoms with Gasteiger partial charge in [0, 0.05) is 18.1 Å². The van der Waals surface area contributed by atoms with Crippen molar-refractivity contribution in [3.8, 4) is 5.75 Å². The van der Waals surface area contributed by atoms with Gasteiger partial charge in [0.15, 0.2) is 0 Å². The van der Waals surface area contributed by atoms with Crippen molar-refractivity contribution < 1.29 is 14.6 Å². The standard InChI is InChI=1S/C24H25ClN2O4/c1-31-16-11-9-15(10-12-16)13-27-14-18(23(29)17-5-4-6-19(25)22(17)27)24(30)26-20-7-2-3-8-21(20)28/h4-6,9-12,14,20-21,28H,2-3,7-8,13H2,1H3,(H,26,30)/t20?,21-/m0/s1. The van der Waals surface area contributed by atoms with E-state index in [9.17, 15) is 14.7 Å². The van der Waals surface area contributed by atoms with Crippen molar-refractivity contribution in [2.24, 2.45) is 0 Å². The minimum absolute atomic E-state index is 0.0426. The van der Waals surface area contributed by atoms with Crippen molar-refractivity contribution >= 4 is 28.4 Å². The Bertz CT molecular complexity index is 1160. The molecule has 1 aliphatic rings. The third-order valence-corrected chi connectivity index (χ3v) is 6.16. The third kappa shape index (κ3) is 4.45. The first-order valence-electron chi connectivity index (χ1n) is 10.4. The summed E-state index contributed by atoms with van der Waals surface area (Å²) in [4.78, 5) is 26.1. The zero-order chi connectivity index (χ0) is 22.0. The van der Waals surface area contributed by atoms with Crippen LogP contribution in [0.25, 0.3) is 10.9 Å². The van der Waals surface area contributed by atoms with Crippen LogP contribution < -0.4 is 15.5 Å². The van der Waals surface area contributed by atoms with Gasteiger partial charge >= 0.3 is 0 Å². The molecule has 1 amide bonds. The molecule has 1 unspecified atom stereocenters. The van der Waals surface area contributed by atoms with Gasteiger partial charge in [-0.05, 0) is 42.7 Å². The number of hydrogen-bond donors (Lipinski definition) is 2. The van der Waals surface area contributed by atoms with E-state index in [0.29, 0.717) is 35.3 Å². The highest BCUT2D eigenvalue weighted by Crippen LogP contribution is 2.24. The molecule has 1 saturated carbocycles. The number of carbonyl (C=O) groups excluding carboxylic acids is 1. The van der Waals surface area contributed by atoms with Gasteiger partial charge in [0.2, 0.25) is 5.43 Å². The van der Waals surface area contributed by atoms with E-state index in [0.717, 1.165) is 24.2 Å². The summed E-state index contributed by atoms with van der Waals surface area (Å²) in [6.07, 6.45) is 4.21. The molecule has 0 radical (unpaired) electrons. The van der Waals surface area contributed by atoms with Gasteiger partial charge in [0.05, 0.1) is 29.8 Å². The predicted octanol–water partition coefficient (Wildman–Crippen LogP) is 3.75. The highest BCUT2D eigenvalue weighted by Gasteiger charge is 2.26. The lowest BCUT2D eigenvalue weighted by Crippen LogP contribution is -2.46. The maximum absolute atomic E-state index is 13.1. The fraction of sp³-hybridized carbons (Fsp3) is 0.333. The molecule has 162 valence electrons. The lowest BCUT2D eigenvalue weighted by molar-refractivity contribution is 0.0716. The van der Waals surface area contributed by atoms with E-state index in [1.807, 2.05) is 28.8 Å². The number of hydrogen-bond acceptors (Lipinski definition) is 4. The Morgan fingerprint density at radius 3 is 2.65 bits per heavy atom. The topological polar surface area (TPSA) is 80.6 Å². The summed E-state index contributed by atoms with van der Waals surface area (Å²) in [5.74, 6) is 0.277. The number of nitrogens with zero attached hydrogens (tertiary/aromatic N) is 1. The fourth-order valence-electron chi connectivity index (χ4n) is 4.15. The molecule has 31 heavy (non-hydrogen) atoms. The van der Waals surface area contributed by atoms with Gasteiger partial charge in [-0.1, -0.05) is 42.6 Å². The van der Waals surface area contributed by atoms with Crippen molar-refractivity contribution in [1.29, 1.82) is 0 Å². The molecule has 0 bridgehead atoms. The monoisotopic (exact) mass is 440 g/mol. The minimum atomic E-state index is -0.589. The van der Waals surface area contributed by atoms with Crippen LogP contribution in [0.2, 0.25) is 5.02 Å². The van der Waals surface area contributed by atoms with E-state index < -0.39 is 12.0 Å². The molecule has 2 N–H and O–H groups in total. The molecule has 3 aromatic rings. The molecular formula is C24H25ClN2O4. The molecule has 1 aromatic heterocycles. The van der Waals surface area contributed by atoms with Crippen LogP contribution in [0.1, 0.15) is 41.6 Å². The molecule has 7 heteroatoms. The normalized spacial score (nSPS) is 18.7. The number of halogens is 1. The fourth-order valence-corrected chi connectivity index (χ4v) is 4.44. The highest BCUT2D eigenvalue weighted by molar-refractivity contribution is 6.35. The van der Waals surface area contributed by atoms with E-state index >= 15 is 0 Å². The molecule has 1 aliphatic carbocycles. The van der Waals surface area contributed by atoms with Crippen LogP contribution in [-0.4, -0.2) is 34.8 Å². The summed E-state index contributed by atoms with van der Waals surface area (Å²) < 4.78 is 7.04. The van der Waals surface area contributed by atoms with Crippen molar-refractivity contribution in [3.63, 3.8) is 0 Å². The van der Waals surface area contributed by atoms with E-state index in [1.54, 1.807) is 31.5 Å². The summed E-state index contributed by atoms with van der Waals surface area (Å²) in [6, 6.07) is 12.4. The first-order chi connectivity index (χ1) is 15.0. The molecule has 0 spiro atoms. The number of fused-ring (bicyclic) bond motifs is 1. The van der Waals surface area contributed by atoms with Crippen molar-refractivity contribution in [1.82, 2.24) is 9.88 Å². The Balaban J connectivity index is 1.74. The number of methoxy groups -OCH3 is 1. The first-order valence-corrected chi connectivity index (χ1v) is 10.8. The van der Waals surface area contributed by atoms with Crippen LogP contribution in [0.3, 0.4) is 0 Å². The molecule has 4 rings (SSSR count). The van der Waals surface area contributed by atoms with Gasteiger partial charge in [-0.25, -0.2) is 0 Å². The molecule has 0 aliphatic heterocycles.